The quantitative estimate of drug-likeness (QED) is 0.784. The molecule has 0 fully saturated rings. The first-order chi connectivity index (χ1) is 8.58. The number of hydrogen-bond acceptors (Lipinski definition) is 2. The van der Waals surface area contributed by atoms with E-state index in [0.29, 0.717) is 15.7 Å². The average molecular weight is 370 g/mol. The molecule has 0 radical (unpaired) electrons. The summed E-state index contributed by atoms with van der Waals surface area (Å²) < 4.78 is 1.67. The van der Waals surface area contributed by atoms with E-state index in [9.17, 15) is 4.79 Å². The van der Waals surface area contributed by atoms with Crippen LogP contribution < -0.4 is 11.1 Å². The summed E-state index contributed by atoms with van der Waals surface area (Å²) in [5.74, 6) is -0.226. The smallest absolute Gasteiger partial charge is 0.257 e. The molecule has 3 nitrogen and oxygen atoms in total. The standard InChI is InChI=1S/C13H10Br2N2O/c14-8-4-6-9(7-5-8)17-13(18)10-2-1-3-11(15)12(10)16/h1-7H,16H2,(H,17,18). The van der Waals surface area contributed by atoms with E-state index in [1.807, 2.05) is 24.3 Å². The van der Waals surface area contributed by atoms with E-state index < -0.39 is 0 Å². The maximum absolute atomic E-state index is 12.0. The van der Waals surface area contributed by atoms with Crippen LogP contribution in [0.3, 0.4) is 0 Å². The van der Waals surface area contributed by atoms with Crippen molar-refractivity contribution in [3.05, 3.63) is 57.0 Å². The molecule has 2 rings (SSSR count). The van der Waals surface area contributed by atoms with Crippen LogP contribution in [0.25, 0.3) is 0 Å². The third-order valence-corrected chi connectivity index (χ3v) is 3.62. The van der Waals surface area contributed by atoms with Gasteiger partial charge in [0.05, 0.1) is 11.3 Å². The van der Waals surface area contributed by atoms with Crippen LogP contribution >= 0.6 is 31.9 Å². The Balaban J connectivity index is 2.22. The lowest BCUT2D eigenvalue weighted by atomic mass is 10.1. The molecule has 0 unspecified atom stereocenters. The SMILES string of the molecule is Nc1c(Br)cccc1C(=O)Nc1ccc(Br)cc1. The highest BCUT2D eigenvalue weighted by atomic mass is 79.9. The first-order valence-corrected chi connectivity index (χ1v) is 6.77. The van der Waals surface area contributed by atoms with E-state index in [1.165, 1.54) is 0 Å². The Kier molecular flexibility index (Phi) is 4.04. The molecule has 0 saturated carbocycles. The highest BCUT2D eigenvalue weighted by Gasteiger charge is 2.11. The minimum absolute atomic E-state index is 0.226. The Hall–Kier alpha value is -1.33. The number of benzene rings is 2. The summed E-state index contributed by atoms with van der Waals surface area (Å²) in [5.41, 5.74) is 7.46. The lowest BCUT2D eigenvalue weighted by Crippen LogP contribution is -2.14. The van der Waals surface area contributed by atoms with E-state index >= 15 is 0 Å². The Morgan fingerprint density at radius 3 is 2.39 bits per heavy atom. The summed E-state index contributed by atoms with van der Waals surface area (Å²) in [5, 5.41) is 2.79. The van der Waals surface area contributed by atoms with Crippen molar-refractivity contribution >= 4 is 49.1 Å². The first-order valence-electron chi connectivity index (χ1n) is 5.19. The number of halogens is 2. The van der Waals surface area contributed by atoms with Crippen molar-refractivity contribution in [2.24, 2.45) is 0 Å². The van der Waals surface area contributed by atoms with Gasteiger partial charge in [-0.25, -0.2) is 0 Å². The van der Waals surface area contributed by atoms with Crippen molar-refractivity contribution < 1.29 is 4.79 Å². The van der Waals surface area contributed by atoms with Crippen LogP contribution in [0.5, 0.6) is 0 Å². The fraction of sp³-hybridized carbons (Fsp3) is 0. The monoisotopic (exact) mass is 368 g/mol. The molecule has 2 aromatic carbocycles. The predicted molar refractivity (Wildman–Crippen MR) is 80.6 cm³/mol. The van der Waals surface area contributed by atoms with Gasteiger partial charge < -0.3 is 11.1 Å². The van der Waals surface area contributed by atoms with Gasteiger partial charge in [-0.3, -0.25) is 4.79 Å². The van der Waals surface area contributed by atoms with Gasteiger partial charge in [0.2, 0.25) is 0 Å². The lowest BCUT2D eigenvalue weighted by molar-refractivity contribution is 0.102. The summed E-state index contributed by atoms with van der Waals surface area (Å²) in [7, 11) is 0. The van der Waals surface area contributed by atoms with E-state index in [4.69, 9.17) is 5.73 Å². The minimum atomic E-state index is -0.226. The number of hydrogen-bond donors (Lipinski definition) is 2. The zero-order valence-electron chi connectivity index (χ0n) is 9.28. The molecule has 2 aromatic rings. The Labute approximate surface area is 122 Å². The zero-order chi connectivity index (χ0) is 13.1. The average Bonchev–Trinajstić information content (AvgIpc) is 2.35. The van der Waals surface area contributed by atoms with E-state index in [-0.39, 0.29) is 5.91 Å². The van der Waals surface area contributed by atoms with Crippen molar-refractivity contribution in [2.75, 3.05) is 11.1 Å². The van der Waals surface area contributed by atoms with Crippen LogP contribution in [0.15, 0.2) is 51.4 Å². The number of nitrogen functional groups attached to an aromatic ring is 1. The first kappa shape index (κ1) is 13.1. The van der Waals surface area contributed by atoms with E-state index in [0.717, 1.165) is 10.2 Å². The van der Waals surface area contributed by atoms with E-state index in [1.54, 1.807) is 18.2 Å². The van der Waals surface area contributed by atoms with Gasteiger partial charge in [0.15, 0.2) is 0 Å². The van der Waals surface area contributed by atoms with Gasteiger partial charge in [-0.1, -0.05) is 22.0 Å². The fourth-order valence-corrected chi connectivity index (χ4v) is 2.10. The molecule has 0 aliphatic rings. The summed E-state index contributed by atoms with van der Waals surface area (Å²) in [4.78, 5) is 12.0. The molecule has 0 aromatic heterocycles. The normalized spacial score (nSPS) is 10.1. The second-order valence-corrected chi connectivity index (χ2v) is 5.43. The fourth-order valence-electron chi connectivity index (χ4n) is 1.47. The highest BCUT2D eigenvalue weighted by Crippen LogP contribution is 2.24. The van der Waals surface area contributed by atoms with Gasteiger partial charge in [-0.2, -0.15) is 0 Å². The summed E-state index contributed by atoms with van der Waals surface area (Å²) >= 11 is 6.64. The minimum Gasteiger partial charge on any atom is -0.397 e. The number of carbonyl (C=O) groups is 1. The van der Waals surface area contributed by atoms with Crippen molar-refractivity contribution in [1.29, 1.82) is 0 Å². The Bertz CT molecular complexity index is 582. The van der Waals surface area contributed by atoms with Crippen LogP contribution in [0.1, 0.15) is 10.4 Å². The van der Waals surface area contributed by atoms with Crippen LogP contribution in [0.2, 0.25) is 0 Å². The summed E-state index contributed by atoms with van der Waals surface area (Å²) in [6.45, 7) is 0. The van der Waals surface area contributed by atoms with Crippen LogP contribution in [-0.4, -0.2) is 5.91 Å². The molecule has 0 bridgehead atoms. The molecule has 0 spiro atoms. The molecule has 0 aliphatic carbocycles. The second-order valence-electron chi connectivity index (χ2n) is 3.66. The maximum atomic E-state index is 12.0. The zero-order valence-corrected chi connectivity index (χ0v) is 12.5. The molecule has 0 heterocycles. The topological polar surface area (TPSA) is 55.1 Å². The number of carbonyl (C=O) groups excluding carboxylic acids is 1. The maximum Gasteiger partial charge on any atom is 0.257 e. The van der Waals surface area contributed by atoms with Crippen LogP contribution in [-0.2, 0) is 0 Å². The molecule has 0 saturated heterocycles. The van der Waals surface area contributed by atoms with Gasteiger partial charge in [0, 0.05) is 14.6 Å². The van der Waals surface area contributed by atoms with Crippen molar-refractivity contribution in [2.45, 2.75) is 0 Å². The van der Waals surface area contributed by atoms with Gasteiger partial charge in [0.1, 0.15) is 0 Å². The van der Waals surface area contributed by atoms with Crippen molar-refractivity contribution in [1.82, 2.24) is 0 Å². The van der Waals surface area contributed by atoms with Crippen LogP contribution in [0, 0.1) is 0 Å². The Morgan fingerprint density at radius 1 is 1.06 bits per heavy atom. The predicted octanol–water partition coefficient (Wildman–Crippen LogP) is 4.05. The third kappa shape index (κ3) is 2.91. The molecule has 3 N–H and O–H groups in total. The van der Waals surface area contributed by atoms with E-state index in [2.05, 4.69) is 37.2 Å². The number of nitrogens with one attached hydrogen (secondary N) is 1. The third-order valence-electron chi connectivity index (χ3n) is 2.40. The molecular formula is C13H10Br2N2O. The number of anilines is 2. The van der Waals surface area contributed by atoms with Gasteiger partial charge >= 0.3 is 0 Å². The second kappa shape index (κ2) is 5.54. The van der Waals surface area contributed by atoms with Gasteiger partial charge in [0.25, 0.3) is 5.91 Å². The number of para-hydroxylation sites is 1. The summed E-state index contributed by atoms with van der Waals surface area (Å²) in [6.07, 6.45) is 0. The van der Waals surface area contributed by atoms with Gasteiger partial charge in [-0.15, -0.1) is 0 Å². The number of rotatable bonds is 2. The van der Waals surface area contributed by atoms with Crippen LogP contribution in [0.4, 0.5) is 11.4 Å². The molecule has 5 heteroatoms. The molecular weight excluding hydrogens is 360 g/mol. The lowest BCUT2D eigenvalue weighted by Gasteiger charge is -2.08. The van der Waals surface area contributed by atoms with Crippen molar-refractivity contribution in [3.8, 4) is 0 Å². The molecule has 92 valence electrons. The summed E-state index contributed by atoms with van der Waals surface area (Å²) in [6, 6.07) is 12.6. The number of amides is 1. The Morgan fingerprint density at radius 2 is 1.72 bits per heavy atom. The molecule has 0 atom stereocenters. The molecule has 1 amide bonds. The molecule has 18 heavy (non-hydrogen) atoms. The largest absolute Gasteiger partial charge is 0.397 e. The number of nitrogens with two attached hydrogens (primary N) is 1. The van der Waals surface area contributed by atoms with Crippen molar-refractivity contribution in [3.63, 3.8) is 0 Å². The molecule has 0 aliphatic heterocycles. The van der Waals surface area contributed by atoms with Gasteiger partial charge in [-0.05, 0) is 52.3 Å². The highest BCUT2D eigenvalue weighted by molar-refractivity contribution is 9.10.